The molecule has 1 saturated heterocycles. The normalized spacial score (nSPS) is 14.5. The van der Waals surface area contributed by atoms with E-state index in [0.29, 0.717) is 0 Å². The van der Waals surface area contributed by atoms with Crippen molar-refractivity contribution >= 4 is 0 Å². The highest BCUT2D eigenvalue weighted by Crippen LogP contribution is 2.00. The molecular weight excluding hydrogens is 188 g/mol. The highest BCUT2D eigenvalue weighted by atomic mass is 16.5. The molecule has 0 aliphatic carbocycles. The molecule has 1 heterocycles. The van der Waals surface area contributed by atoms with Crippen LogP contribution in [-0.2, 0) is 11.2 Å². The highest BCUT2D eigenvalue weighted by Gasteiger charge is 1.94. The zero-order valence-electron chi connectivity index (χ0n) is 9.19. The van der Waals surface area contributed by atoms with Crippen molar-refractivity contribution in [2.75, 3.05) is 19.8 Å². The quantitative estimate of drug-likeness (QED) is 0.826. The third kappa shape index (κ3) is 6.26. The van der Waals surface area contributed by atoms with Crippen LogP contribution in [0.15, 0.2) is 30.3 Å². The minimum Gasteiger partial charge on any atom is -0.396 e. The van der Waals surface area contributed by atoms with Crippen molar-refractivity contribution in [3.05, 3.63) is 35.9 Å². The van der Waals surface area contributed by atoms with Crippen molar-refractivity contribution in [2.24, 2.45) is 0 Å². The van der Waals surface area contributed by atoms with Crippen LogP contribution in [-0.4, -0.2) is 24.9 Å². The molecule has 0 aromatic heterocycles. The molecule has 1 aromatic rings. The third-order valence-corrected chi connectivity index (χ3v) is 2.29. The summed E-state index contributed by atoms with van der Waals surface area (Å²) in [6, 6.07) is 10.2. The Labute approximate surface area is 91.9 Å². The smallest absolute Gasteiger partial charge is 0.0466 e. The maximum atomic E-state index is 8.53. The maximum Gasteiger partial charge on any atom is 0.0466 e. The van der Waals surface area contributed by atoms with E-state index in [1.807, 2.05) is 18.2 Å². The lowest BCUT2D eigenvalue weighted by atomic mass is 10.1. The van der Waals surface area contributed by atoms with Gasteiger partial charge >= 0.3 is 0 Å². The SMILES string of the molecule is C1CCOC1.OCCCc1ccccc1. The van der Waals surface area contributed by atoms with Gasteiger partial charge in [0.05, 0.1) is 0 Å². The van der Waals surface area contributed by atoms with E-state index in [0.717, 1.165) is 26.1 Å². The van der Waals surface area contributed by atoms with Gasteiger partial charge in [0, 0.05) is 19.8 Å². The monoisotopic (exact) mass is 208 g/mol. The number of benzene rings is 1. The van der Waals surface area contributed by atoms with Crippen LogP contribution in [0.4, 0.5) is 0 Å². The molecule has 0 bridgehead atoms. The number of aliphatic hydroxyl groups is 1. The molecule has 1 aromatic carbocycles. The summed E-state index contributed by atoms with van der Waals surface area (Å²) >= 11 is 0. The van der Waals surface area contributed by atoms with E-state index < -0.39 is 0 Å². The topological polar surface area (TPSA) is 29.5 Å². The van der Waals surface area contributed by atoms with Gasteiger partial charge in [0.1, 0.15) is 0 Å². The van der Waals surface area contributed by atoms with Crippen LogP contribution in [0.2, 0.25) is 0 Å². The zero-order chi connectivity index (χ0) is 10.8. The second-order valence-corrected chi connectivity index (χ2v) is 3.63. The fourth-order valence-electron chi connectivity index (χ4n) is 1.44. The summed E-state index contributed by atoms with van der Waals surface area (Å²) in [6.45, 7) is 2.29. The lowest BCUT2D eigenvalue weighted by Gasteiger charge is -1.96. The van der Waals surface area contributed by atoms with Crippen LogP contribution in [0.1, 0.15) is 24.8 Å². The van der Waals surface area contributed by atoms with E-state index in [-0.39, 0.29) is 6.61 Å². The van der Waals surface area contributed by atoms with Crippen LogP contribution in [0, 0.1) is 0 Å². The van der Waals surface area contributed by atoms with E-state index in [2.05, 4.69) is 12.1 Å². The number of aryl methyl sites for hydroxylation is 1. The summed E-state index contributed by atoms with van der Waals surface area (Å²) in [4.78, 5) is 0. The molecule has 84 valence electrons. The third-order valence-electron chi connectivity index (χ3n) is 2.29. The van der Waals surface area contributed by atoms with Crippen molar-refractivity contribution in [3.8, 4) is 0 Å². The Morgan fingerprint density at radius 1 is 1.07 bits per heavy atom. The summed E-state index contributed by atoms with van der Waals surface area (Å²) in [7, 11) is 0. The van der Waals surface area contributed by atoms with Gasteiger partial charge in [-0.15, -0.1) is 0 Å². The van der Waals surface area contributed by atoms with Crippen molar-refractivity contribution in [3.63, 3.8) is 0 Å². The molecule has 0 saturated carbocycles. The van der Waals surface area contributed by atoms with Crippen molar-refractivity contribution in [1.29, 1.82) is 0 Å². The molecule has 0 amide bonds. The molecule has 0 atom stereocenters. The van der Waals surface area contributed by atoms with Crippen molar-refractivity contribution in [1.82, 2.24) is 0 Å². The molecule has 0 radical (unpaired) electrons. The van der Waals surface area contributed by atoms with E-state index in [4.69, 9.17) is 9.84 Å². The molecule has 0 unspecified atom stereocenters. The standard InChI is InChI=1S/C9H12O.C4H8O/c10-8-4-7-9-5-2-1-3-6-9;1-2-4-5-3-1/h1-3,5-6,10H,4,7-8H2;1-4H2. The first kappa shape index (κ1) is 12.2. The lowest BCUT2D eigenvalue weighted by molar-refractivity contribution is 0.198. The molecule has 15 heavy (non-hydrogen) atoms. The molecular formula is C13H20O2. The van der Waals surface area contributed by atoms with Crippen molar-refractivity contribution < 1.29 is 9.84 Å². The van der Waals surface area contributed by atoms with E-state index >= 15 is 0 Å². The summed E-state index contributed by atoms with van der Waals surface area (Å²) in [5.41, 5.74) is 1.30. The number of hydrogen-bond acceptors (Lipinski definition) is 2. The second-order valence-electron chi connectivity index (χ2n) is 3.63. The van der Waals surface area contributed by atoms with Gasteiger partial charge in [-0.25, -0.2) is 0 Å². The predicted molar refractivity (Wildman–Crippen MR) is 61.9 cm³/mol. The Kier molecular flexibility index (Phi) is 6.88. The van der Waals surface area contributed by atoms with Crippen LogP contribution in [0.3, 0.4) is 0 Å². The van der Waals surface area contributed by atoms with Gasteiger partial charge in [-0.2, -0.15) is 0 Å². The van der Waals surface area contributed by atoms with Gasteiger partial charge in [0.25, 0.3) is 0 Å². The summed E-state index contributed by atoms with van der Waals surface area (Å²) in [6.07, 6.45) is 4.40. The van der Waals surface area contributed by atoms with Crippen LogP contribution < -0.4 is 0 Å². The maximum absolute atomic E-state index is 8.53. The second kappa shape index (κ2) is 8.45. The molecule has 1 fully saturated rings. The molecule has 1 N–H and O–H groups in total. The summed E-state index contributed by atoms with van der Waals surface area (Å²) in [5.74, 6) is 0. The Morgan fingerprint density at radius 3 is 2.20 bits per heavy atom. The van der Waals surface area contributed by atoms with Gasteiger partial charge < -0.3 is 9.84 Å². The van der Waals surface area contributed by atoms with E-state index in [1.54, 1.807) is 0 Å². The minimum atomic E-state index is 0.287. The zero-order valence-corrected chi connectivity index (χ0v) is 9.19. The predicted octanol–water partition coefficient (Wildman–Crippen LogP) is 2.41. The van der Waals surface area contributed by atoms with E-state index in [1.165, 1.54) is 18.4 Å². The van der Waals surface area contributed by atoms with Crippen molar-refractivity contribution in [2.45, 2.75) is 25.7 Å². The van der Waals surface area contributed by atoms with Gasteiger partial charge in [-0.1, -0.05) is 30.3 Å². The first-order valence-electron chi connectivity index (χ1n) is 5.66. The average Bonchev–Trinajstić information content (AvgIpc) is 2.86. The fraction of sp³-hybridized carbons (Fsp3) is 0.538. The molecule has 2 nitrogen and oxygen atoms in total. The lowest BCUT2D eigenvalue weighted by Crippen LogP contribution is -1.87. The average molecular weight is 208 g/mol. The fourth-order valence-corrected chi connectivity index (χ4v) is 1.44. The largest absolute Gasteiger partial charge is 0.396 e. The molecule has 1 aliphatic heterocycles. The minimum absolute atomic E-state index is 0.287. The Bertz CT molecular complexity index is 222. The summed E-state index contributed by atoms with van der Waals surface area (Å²) in [5, 5.41) is 8.53. The number of hydrogen-bond donors (Lipinski definition) is 1. The molecule has 0 spiro atoms. The Morgan fingerprint density at radius 2 is 1.73 bits per heavy atom. The van der Waals surface area contributed by atoms with Crippen LogP contribution in [0.5, 0.6) is 0 Å². The highest BCUT2D eigenvalue weighted by molar-refractivity contribution is 5.14. The number of ether oxygens (including phenoxy) is 1. The van der Waals surface area contributed by atoms with Crippen LogP contribution in [0.25, 0.3) is 0 Å². The van der Waals surface area contributed by atoms with Gasteiger partial charge in [-0.3, -0.25) is 0 Å². The first-order chi connectivity index (χ1) is 7.43. The summed E-state index contributed by atoms with van der Waals surface area (Å²) < 4.78 is 4.94. The van der Waals surface area contributed by atoms with E-state index in [9.17, 15) is 0 Å². The Balaban J connectivity index is 0.000000187. The Hall–Kier alpha value is -0.860. The van der Waals surface area contributed by atoms with Gasteiger partial charge in [-0.05, 0) is 31.2 Å². The van der Waals surface area contributed by atoms with Gasteiger partial charge in [0.15, 0.2) is 0 Å². The molecule has 2 rings (SSSR count). The molecule has 1 aliphatic rings. The molecule has 2 heteroatoms. The first-order valence-corrected chi connectivity index (χ1v) is 5.66. The van der Waals surface area contributed by atoms with Crippen LogP contribution >= 0.6 is 0 Å². The number of rotatable bonds is 3. The van der Waals surface area contributed by atoms with Gasteiger partial charge in [0.2, 0.25) is 0 Å². The number of aliphatic hydroxyl groups excluding tert-OH is 1.